The molecule has 234 valence electrons. The largest absolute Gasteiger partial charge is 0.448 e. The highest BCUT2D eigenvalue weighted by Crippen LogP contribution is 2.43. The molecule has 4 heterocycles. The minimum Gasteiger partial charge on any atom is -0.448 e. The minimum absolute atomic E-state index is 0.182. The standard InChI is InChI=1S/C30H23IN6O5S4/c31-11-20(21-14-44-29(34-21)32-15-38)25(39)35-22-26(40)37-23(19(12-43-27(22)37)13-45-30-36-33-16-46-30)28(41)42-24(17-7-3-1-4-8-17)18-9-5-2-6-10-18/h1-11,14-16,22,24,27H,12-13H2,(H,35,39)(H,32,34,38)/t22?,27-/m1/s1. The summed E-state index contributed by atoms with van der Waals surface area (Å²) in [5.41, 5.74) is 4.76. The van der Waals surface area contributed by atoms with E-state index in [1.807, 2.05) is 83.3 Å². The summed E-state index contributed by atoms with van der Waals surface area (Å²) in [4.78, 5) is 57.7. The third-order valence-corrected chi connectivity index (χ3v) is 11.7. The van der Waals surface area contributed by atoms with E-state index in [0.29, 0.717) is 28.7 Å². The second-order valence-electron chi connectivity index (χ2n) is 9.74. The Morgan fingerprint density at radius 2 is 1.83 bits per heavy atom. The number of carbonyl (C=O) groups is 4. The topological polar surface area (TPSA) is 143 Å². The van der Waals surface area contributed by atoms with E-state index in [4.69, 9.17) is 4.74 Å². The maximum Gasteiger partial charge on any atom is 0.356 e. The summed E-state index contributed by atoms with van der Waals surface area (Å²) < 4.78 is 8.52. The van der Waals surface area contributed by atoms with Gasteiger partial charge in [-0.15, -0.1) is 33.3 Å². The zero-order valence-electron chi connectivity index (χ0n) is 23.6. The molecule has 0 aliphatic carbocycles. The van der Waals surface area contributed by atoms with E-state index in [1.165, 1.54) is 51.1 Å². The summed E-state index contributed by atoms with van der Waals surface area (Å²) in [5.74, 6) is -0.680. The van der Waals surface area contributed by atoms with Gasteiger partial charge in [-0.05, 0) is 20.8 Å². The van der Waals surface area contributed by atoms with Crippen molar-refractivity contribution in [2.45, 2.75) is 21.9 Å². The number of esters is 1. The summed E-state index contributed by atoms with van der Waals surface area (Å²) >= 11 is 7.41. The number of fused-ring (bicyclic) bond motifs is 1. The van der Waals surface area contributed by atoms with Gasteiger partial charge in [-0.2, -0.15) is 0 Å². The Labute approximate surface area is 293 Å². The molecule has 6 rings (SSSR count). The van der Waals surface area contributed by atoms with E-state index < -0.39 is 35.3 Å². The number of nitrogens with one attached hydrogen (secondary N) is 2. The lowest BCUT2D eigenvalue weighted by Gasteiger charge is -2.49. The quantitative estimate of drug-likeness (QED) is 0.0495. The Hall–Kier alpha value is -3.58. The third kappa shape index (κ3) is 6.90. The second kappa shape index (κ2) is 14.9. The maximum atomic E-state index is 14.1. The fourth-order valence-electron chi connectivity index (χ4n) is 4.86. The van der Waals surface area contributed by atoms with Crippen molar-refractivity contribution < 1.29 is 23.9 Å². The van der Waals surface area contributed by atoms with Crippen molar-refractivity contribution in [3.8, 4) is 0 Å². The first-order chi connectivity index (χ1) is 22.5. The average molecular weight is 803 g/mol. The van der Waals surface area contributed by atoms with Crippen molar-refractivity contribution in [3.63, 3.8) is 0 Å². The van der Waals surface area contributed by atoms with Crippen molar-refractivity contribution in [1.82, 2.24) is 25.4 Å². The molecule has 2 N–H and O–H groups in total. The fraction of sp³-hybridized carbons (Fsp3) is 0.167. The molecule has 4 aromatic rings. The normalized spacial score (nSPS) is 17.7. The van der Waals surface area contributed by atoms with Crippen molar-refractivity contribution in [2.24, 2.45) is 0 Å². The molecule has 11 nitrogen and oxygen atoms in total. The van der Waals surface area contributed by atoms with Gasteiger partial charge in [-0.25, -0.2) is 9.78 Å². The molecule has 0 saturated carbocycles. The number of β-lactam (4-membered cyclic amide) rings is 1. The zero-order valence-corrected chi connectivity index (χ0v) is 29.0. The lowest BCUT2D eigenvalue weighted by molar-refractivity contribution is -0.154. The van der Waals surface area contributed by atoms with Crippen molar-refractivity contribution in [2.75, 3.05) is 16.8 Å². The molecular weight excluding hydrogens is 780 g/mol. The van der Waals surface area contributed by atoms with Gasteiger partial charge in [0.25, 0.3) is 11.8 Å². The van der Waals surface area contributed by atoms with E-state index in [9.17, 15) is 19.2 Å². The van der Waals surface area contributed by atoms with Gasteiger partial charge >= 0.3 is 5.97 Å². The molecule has 16 heteroatoms. The fourth-order valence-corrected chi connectivity index (χ4v) is 9.10. The van der Waals surface area contributed by atoms with Crippen LogP contribution < -0.4 is 10.6 Å². The minimum atomic E-state index is -0.866. The molecule has 0 radical (unpaired) electrons. The van der Waals surface area contributed by atoms with E-state index in [0.717, 1.165) is 21.0 Å². The number of carbonyl (C=O) groups excluding carboxylic acids is 4. The first-order valence-corrected chi connectivity index (χ1v) is 18.7. The van der Waals surface area contributed by atoms with E-state index in [-0.39, 0.29) is 11.3 Å². The molecule has 2 aliphatic heterocycles. The van der Waals surface area contributed by atoms with Crippen LogP contribution in [0.25, 0.3) is 5.57 Å². The van der Waals surface area contributed by atoms with Crippen LogP contribution in [-0.2, 0) is 23.9 Å². The van der Waals surface area contributed by atoms with Crippen LogP contribution in [0.2, 0.25) is 0 Å². The summed E-state index contributed by atoms with van der Waals surface area (Å²) in [6.45, 7) is 0. The SMILES string of the molecule is O=CNc1nc(C(=CI)C(=O)NC2C(=O)N3C(C(=O)OC(c4ccccc4)c4ccccc4)=C(CSc4nncs4)CS[C@H]23)cs1. The smallest absolute Gasteiger partial charge is 0.356 e. The molecule has 0 bridgehead atoms. The van der Waals surface area contributed by atoms with Gasteiger partial charge in [0.15, 0.2) is 15.6 Å². The lowest BCUT2D eigenvalue weighted by atomic mass is 10.0. The van der Waals surface area contributed by atoms with Crippen LogP contribution >= 0.6 is 68.8 Å². The predicted molar refractivity (Wildman–Crippen MR) is 187 cm³/mol. The van der Waals surface area contributed by atoms with Crippen LogP contribution in [0.5, 0.6) is 0 Å². The van der Waals surface area contributed by atoms with Gasteiger partial charge in [0, 0.05) is 16.9 Å². The number of ether oxygens (including phenoxy) is 1. The van der Waals surface area contributed by atoms with Crippen LogP contribution in [0, 0.1) is 0 Å². The van der Waals surface area contributed by atoms with Crippen LogP contribution in [0.1, 0.15) is 22.9 Å². The first kappa shape index (κ1) is 32.4. The van der Waals surface area contributed by atoms with Gasteiger partial charge in [0.05, 0.1) is 11.3 Å². The highest BCUT2D eigenvalue weighted by molar-refractivity contribution is 14.1. The summed E-state index contributed by atoms with van der Waals surface area (Å²) in [6, 6.07) is 18.0. The molecule has 1 saturated heterocycles. The zero-order chi connectivity index (χ0) is 32.0. The second-order valence-corrected chi connectivity index (χ2v) is 14.4. The molecule has 2 aliphatic rings. The Morgan fingerprint density at radius 1 is 1.11 bits per heavy atom. The van der Waals surface area contributed by atoms with E-state index in [1.54, 1.807) is 15.0 Å². The number of amides is 3. The molecule has 0 spiro atoms. The Morgan fingerprint density at radius 3 is 2.46 bits per heavy atom. The summed E-state index contributed by atoms with van der Waals surface area (Å²) in [7, 11) is 0. The van der Waals surface area contributed by atoms with Crippen LogP contribution in [0.4, 0.5) is 5.13 Å². The molecule has 2 aromatic carbocycles. The van der Waals surface area contributed by atoms with Gasteiger partial charge in [0.2, 0.25) is 6.41 Å². The number of thioether (sulfide) groups is 2. The molecule has 1 unspecified atom stereocenters. The van der Waals surface area contributed by atoms with Gasteiger partial charge in [-0.1, -0.05) is 106 Å². The number of aromatic nitrogens is 3. The lowest BCUT2D eigenvalue weighted by Crippen LogP contribution is -2.70. The summed E-state index contributed by atoms with van der Waals surface area (Å²) in [6.07, 6.45) is -0.191. The monoisotopic (exact) mass is 802 g/mol. The molecule has 46 heavy (non-hydrogen) atoms. The van der Waals surface area contributed by atoms with Crippen LogP contribution in [-0.4, -0.2) is 67.2 Å². The third-order valence-electron chi connectivity index (χ3n) is 6.98. The van der Waals surface area contributed by atoms with Crippen molar-refractivity contribution >= 4 is 104 Å². The molecule has 1 fully saturated rings. The van der Waals surface area contributed by atoms with Crippen molar-refractivity contribution in [1.29, 1.82) is 0 Å². The number of hydrogen-bond donors (Lipinski definition) is 2. The molecular formula is C30H23IN6O5S4. The number of nitrogens with zero attached hydrogens (tertiary/aromatic N) is 4. The van der Waals surface area contributed by atoms with Gasteiger partial charge < -0.3 is 15.4 Å². The predicted octanol–water partition coefficient (Wildman–Crippen LogP) is 5.12. The number of benzene rings is 2. The average Bonchev–Trinajstić information content (AvgIpc) is 3.78. The maximum absolute atomic E-state index is 14.1. The summed E-state index contributed by atoms with van der Waals surface area (Å²) in [5, 5.41) is 14.8. The number of halogens is 1. The number of anilines is 1. The Kier molecular flexibility index (Phi) is 10.5. The molecule has 2 aromatic heterocycles. The van der Waals surface area contributed by atoms with Gasteiger partial charge in [-0.3, -0.25) is 19.3 Å². The number of rotatable bonds is 12. The molecule has 3 amide bonds. The highest BCUT2D eigenvalue weighted by atomic mass is 127. The van der Waals surface area contributed by atoms with Gasteiger partial charge in [0.1, 0.15) is 22.6 Å². The van der Waals surface area contributed by atoms with Crippen LogP contribution in [0.3, 0.4) is 0 Å². The van der Waals surface area contributed by atoms with E-state index >= 15 is 0 Å². The first-order valence-electron chi connectivity index (χ1n) is 13.6. The number of thiazole rings is 1. The number of hydrogen-bond acceptors (Lipinski definition) is 12. The Balaban J connectivity index is 1.26. The Bertz CT molecular complexity index is 1760. The van der Waals surface area contributed by atoms with Crippen molar-refractivity contribution in [3.05, 3.63) is 104 Å². The van der Waals surface area contributed by atoms with Crippen LogP contribution in [0.15, 0.2) is 91.2 Å². The van der Waals surface area contributed by atoms with E-state index in [2.05, 4.69) is 25.8 Å². The molecule has 2 atom stereocenters. The highest BCUT2D eigenvalue weighted by Gasteiger charge is 2.54.